The van der Waals surface area contributed by atoms with Gasteiger partial charge in [0.1, 0.15) is 35.4 Å². The van der Waals surface area contributed by atoms with Crippen molar-refractivity contribution in [2.45, 2.75) is 0 Å². The maximum absolute atomic E-state index is 12.5. The van der Waals surface area contributed by atoms with E-state index in [4.69, 9.17) is 25.4 Å². The van der Waals surface area contributed by atoms with Crippen LogP contribution in [0, 0.1) is 12.3 Å². The summed E-state index contributed by atoms with van der Waals surface area (Å²) in [6.45, 7) is 0.0731. The lowest BCUT2D eigenvalue weighted by molar-refractivity contribution is 0.104. The smallest absolute Gasteiger partial charge is 0.189 e. The third-order valence-corrected chi connectivity index (χ3v) is 3.71. The highest BCUT2D eigenvalue weighted by atomic mass is 16.5. The van der Waals surface area contributed by atoms with E-state index in [1.54, 1.807) is 24.3 Å². The molecule has 2 aromatic rings. The molecule has 1 N–H and O–H groups in total. The number of carbonyl (C=O) groups is 1. The number of aromatic hydroxyl groups is 1. The van der Waals surface area contributed by atoms with Gasteiger partial charge in [0, 0.05) is 18.2 Å². The van der Waals surface area contributed by atoms with Crippen LogP contribution in [0.3, 0.4) is 0 Å². The lowest BCUT2D eigenvalue weighted by Crippen LogP contribution is -1.98. The molecule has 0 bridgehead atoms. The predicted octanol–water partition coefficient (Wildman–Crippen LogP) is 3.33. The SMILES string of the molecule is C#CCOc1ccc(C(=O)C=Cc2c(OC)cc(OC)cc2OC)c(O)c1. The number of rotatable bonds is 8. The van der Waals surface area contributed by atoms with Crippen molar-refractivity contribution in [1.82, 2.24) is 0 Å². The van der Waals surface area contributed by atoms with Crippen LogP contribution >= 0.6 is 0 Å². The average Bonchev–Trinajstić information content (AvgIpc) is 2.69. The molecule has 0 atom stereocenters. The van der Waals surface area contributed by atoms with Crippen molar-refractivity contribution in [3.05, 3.63) is 47.5 Å². The van der Waals surface area contributed by atoms with E-state index in [0.717, 1.165) is 0 Å². The third-order valence-electron chi connectivity index (χ3n) is 3.71. The van der Waals surface area contributed by atoms with Gasteiger partial charge in [0.05, 0.1) is 32.5 Å². The molecule has 0 aliphatic carbocycles. The molecule has 27 heavy (non-hydrogen) atoms. The van der Waals surface area contributed by atoms with E-state index >= 15 is 0 Å². The average molecular weight is 368 g/mol. The number of benzene rings is 2. The van der Waals surface area contributed by atoms with Gasteiger partial charge in [-0.25, -0.2) is 0 Å². The molecule has 0 heterocycles. The molecule has 2 aromatic carbocycles. The van der Waals surface area contributed by atoms with Crippen LogP contribution in [-0.2, 0) is 0 Å². The number of hydrogen-bond donors (Lipinski definition) is 1. The zero-order valence-electron chi connectivity index (χ0n) is 15.3. The number of terminal acetylenes is 1. The Morgan fingerprint density at radius 1 is 1.07 bits per heavy atom. The molecule has 0 amide bonds. The highest BCUT2D eigenvalue weighted by molar-refractivity contribution is 6.09. The molecule has 140 valence electrons. The number of methoxy groups -OCH3 is 3. The van der Waals surface area contributed by atoms with Crippen molar-refractivity contribution in [2.75, 3.05) is 27.9 Å². The molecule has 0 radical (unpaired) electrons. The van der Waals surface area contributed by atoms with Gasteiger partial charge in [-0.1, -0.05) is 5.92 Å². The van der Waals surface area contributed by atoms with Gasteiger partial charge in [-0.15, -0.1) is 6.42 Å². The molecular weight excluding hydrogens is 348 g/mol. The summed E-state index contributed by atoms with van der Waals surface area (Å²) in [6.07, 6.45) is 8.00. The third kappa shape index (κ3) is 4.73. The normalized spacial score (nSPS) is 10.3. The van der Waals surface area contributed by atoms with Gasteiger partial charge >= 0.3 is 0 Å². The molecule has 6 nitrogen and oxygen atoms in total. The van der Waals surface area contributed by atoms with Gasteiger partial charge in [0.15, 0.2) is 5.78 Å². The Bertz CT molecular complexity index is 867. The van der Waals surface area contributed by atoms with E-state index in [1.807, 2.05) is 0 Å². The van der Waals surface area contributed by atoms with Crippen LogP contribution in [-0.4, -0.2) is 38.8 Å². The number of ketones is 1. The van der Waals surface area contributed by atoms with Gasteiger partial charge in [0.2, 0.25) is 0 Å². The monoisotopic (exact) mass is 368 g/mol. The number of ether oxygens (including phenoxy) is 4. The van der Waals surface area contributed by atoms with Gasteiger partial charge in [-0.3, -0.25) is 4.79 Å². The first-order valence-electron chi connectivity index (χ1n) is 7.95. The summed E-state index contributed by atoms with van der Waals surface area (Å²) < 4.78 is 21.1. The van der Waals surface area contributed by atoms with E-state index in [2.05, 4.69) is 5.92 Å². The highest BCUT2D eigenvalue weighted by Crippen LogP contribution is 2.35. The molecule has 0 unspecified atom stereocenters. The zero-order chi connectivity index (χ0) is 19.8. The number of phenols is 1. The predicted molar refractivity (Wildman–Crippen MR) is 102 cm³/mol. The molecule has 6 heteroatoms. The molecule has 2 rings (SSSR count). The lowest BCUT2D eigenvalue weighted by atomic mass is 10.1. The quantitative estimate of drug-likeness (QED) is 0.438. The standard InChI is InChI=1S/C21H20O6/c1-5-10-27-14-6-7-16(19(23)11-14)18(22)9-8-17-20(25-3)12-15(24-2)13-21(17)26-4/h1,6-9,11-13,23H,10H2,2-4H3. The van der Waals surface area contributed by atoms with Crippen molar-refractivity contribution in [3.8, 4) is 41.1 Å². The van der Waals surface area contributed by atoms with Crippen LogP contribution in [0.25, 0.3) is 6.08 Å². The summed E-state index contributed by atoms with van der Waals surface area (Å²) in [5, 5.41) is 10.1. The Morgan fingerprint density at radius 3 is 2.26 bits per heavy atom. The van der Waals surface area contributed by atoms with Crippen LogP contribution in [0.15, 0.2) is 36.4 Å². The topological polar surface area (TPSA) is 74.2 Å². The second kappa shape index (κ2) is 9.20. The fourth-order valence-corrected chi connectivity index (χ4v) is 2.38. The minimum Gasteiger partial charge on any atom is -0.507 e. The van der Waals surface area contributed by atoms with Gasteiger partial charge in [-0.2, -0.15) is 0 Å². The number of allylic oxidation sites excluding steroid dienone is 1. The molecule has 0 aromatic heterocycles. The maximum atomic E-state index is 12.5. The summed E-state index contributed by atoms with van der Waals surface area (Å²) in [4.78, 5) is 12.5. The molecular formula is C21H20O6. The van der Waals surface area contributed by atoms with Crippen LogP contribution in [0.4, 0.5) is 0 Å². The van der Waals surface area contributed by atoms with Crippen molar-refractivity contribution in [2.24, 2.45) is 0 Å². The van der Waals surface area contributed by atoms with Crippen LogP contribution in [0.2, 0.25) is 0 Å². The Kier molecular flexibility index (Phi) is 6.73. The van der Waals surface area contributed by atoms with Crippen molar-refractivity contribution in [1.29, 1.82) is 0 Å². The minimum atomic E-state index is -0.393. The molecule has 0 saturated carbocycles. The van der Waals surface area contributed by atoms with Crippen LogP contribution in [0.5, 0.6) is 28.7 Å². The largest absolute Gasteiger partial charge is 0.507 e. The molecule has 0 saturated heterocycles. The van der Waals surface area contributed by atoms with Crippen LogP contribution < -0.4 is 18.9 Å². The molecule has 0 aliphatic heterocycles. The van der Waals surface area contributed by atoms with Crippen molar-refractivity contribution < 1.29 is 28.8 Å². The number of hydrogen-bond acceptors (Lipinski definition) is 6. The highest BCUT2D eigenvalue weighted by Gasteiger charge is 2.13. The van der Waals surface area contributed by atoms with E-state index in [9.17, 15) is 9.90 Å². The summed E-state index contributed by atoms with van der Waals surface area (Å²) in [5.41, 5.74) is 0.702. The Balaban J connectivity index is 2.30. The molecule has 0 fully saturated rings. The Morgan fingerprint density at radius 2 is 1.74 bits per heavy atom. The Hall–Kier alpha value is -3.59. The van der Waals surface area contributed by atoms with E-state index in [1.165, 1.54) is 39.5 Å². The minimum absolute atomic E-state index is 0.0731. The van der Waals surface area contributed by atoms with Crippen molar-refractivity contribution in [3.63, 3.8) is 0 Å². The Labute approximate surface area is 157 Å². The fourth-order valence-electron chi connectivity index (χ4n) is 2.38. The first-order valence-corrected chi connectivity index (χ1v) is 7.95. The number of phenolic OH excluding ortho intramolecular Hbond substituents is 1. The summed E-state index contributed by atoms with van der Waals surface area (Å²) in [6, 6.07) is 7.74. The van der Waals surface area contributed by atoms with Gasteiger partial charge in [0.25, 0.3) is 0 Å². The van der Waals surface area contributed by atoms with E-state index in [0.29, 0.717) is 28.6 Å². The second-order valence-corrected chi connectivity index (χ2v) is 5.31. The zero-order valence-corrected chi connectivity index (χ0v) is 15.3. The number of carbonyl (C=O) groups excluding carboxylic acids is 1. The van der Waals surface area contributed by atoms with Gasteiger partial charge < -0.3 is 24.1 Å². The first-order chi connectivity index (χ1) is 13.0. The molecule has 0 aliphatic rings. The first kappa shape index (κ1) is 19.7. The summed E-state index contributed by atoms with van der Waals surface area (Å²) in [5.74, 6) is 3.64. The summed E-state index contributed by atoms with van der Waals surface area (Å²) in [7, 11) is 4.55. The molecule has 0 spiro atoms. The van der Waals surface area contributed by atoms with Gasteiger partial charge in [-0.05, 0) is 24.3 Å². The summed E-state index contributed by atoms with van der Waals surface area (Å²) >= 11 is 0. The lowest BCUT2D eigenvalue weighted by Gasteiger charge is -2.12. The second-order valence-electron chi connectivity index (χ2n) is 5.31. The fraction of sp³-hybridized carbons (Fsp3) is 0.190. The van der Waals surface area contributed by atoms with E-state index in [-0.39, 0.29) is 17.9 Å². The maximum Gasteiger partial charge on any atom is 0.189 e. The van der Waals surface area contributed by atoms with E-state index < -0.39 is 5.78 Å². The van der Waals surface area contributed by atoms with Crippen LogP contribution in [0.1, 0.15) is 15.9 Å². The van der Waals surface area contributed by atoms with Crippen molar-refractivity contribution >= 4 is 11.9 Å².